The van der Waals surface area contributed by atoms with Crippen molar-refractivity contribution in [2.45, 2.75) is 61.3 Å². The minimum atomic E-state index is -1.28. The van der Waals surface area contributed by atoms with Gasteiger partial charge in [0.2, 0.25) is 11.8 Å². The summed E-state index contributed by atoms with van der Waals surface area (Å²) in [6.45, 7) is 9.32. The number of anilines is 1. The van der Waals surface area contributed by atoms with Crippen molar-refractivity contribution >= 4 is 45.3 Å². The number of benzene rings is 1. The van der Waals surface area contributed by atoms with Crippen LogP contribution in [0.1, 0.15) is 32.6 Å². The van der Waals surface area contributed by atoms with Crippen molar-refractivity contribution in [3.8, 4) is 5.75 Å². The Morgan fingerprint density at radius 1 is 1.28 bits per heavy atom. The number of allylic oxidation sites excluding steroid dienone is 1. The fraction of sp³-hybridized carbons (Fsp3) is 0.548. The number of carbonyl (C=O) groups excluding carboxylic acids is 4. The number of nitrogens with one attached hydrogen (secondary N) is 1. The predicted molar refractivity (Wildman–Crippen MR) is 163 cm³/mol. The van der Waals surface area contributed by atoms with Crippen LogP contribution in [0.3, 0.4) is 0 Å². The van der Waals surface area contributed by atoms with Gasteiger partial charge in [-0.1, -0.05) is 28.1 Å². The Bertz CT molecular complexity index is 1230. The maximum Gasteiger partial charge on any atom is 0.312 e. The first-order valence-corrected chi connectivity index (χ1v) is 15.4. The van der Waals surface area contributed by atoms with E-state index in [0.717, 1.165) is 0 Å². The van der Waals surface area contributed by atoms with Gasteiger partial charge in [0.05, 0.1) is 31.6 Å². The Morgan fingerprint density at radius 2 is 2.00 bits per heavy atom. The van der Waals surface area contributed by atoms with E-state index >= 15 is 0 Å². The zero-order valence-corrected chi connectivity index (χ0v) is 26.2. The van der Waals surface area contributed by atoms with E-state index in [1.165, 1.54) is 9.80 Å². The summed E-state index contributed by atoms with van der Waals surface area (Å²) in [7, 11) is 1.55. The van der Waals surface area contributed by atoms with E-state index in [1.807, 2.05) is 0 Å². The summed E-state index contributed by atoms with van der Waals surface area (Å²) in [5.74, 6) is -2.82. The number of amides is 3. The molecule has 1 aromatic rings. The van der Waals surface area contributed by atoms with Crippen LogP contribution in [0.4, 0.5) is 5.69 Å². The molecule has 3 aliphatic rings. The quantitative estimate of drug-likeness (QED) is 0.166. The van der Waals surface area contributed by atoms with E-state index < -0.39 is 41.7 Å². The van der Waals surface area contributed by atoms with Gasteiger partial charge in [-0.2, -0.15) is 0 Å². The molecule has 43 heavy (non-hydrogen) atoms. The molecule has 2 N–H and O–H groups in total. The largest absolute Gasteiger partial charge is 0.497 e. The maximum atomic E-state index is 14.5. The van der Waals surface area contributed by atoms with Gasteiger partial charge in [0.1, 0.15) is 23.5 Å². The Labute approximate surface area is 260 Å². The number of likely N-dealkylation sites (tertiary alicyclic amines) is 1. The average molecular weight is 663 g/mol. The van der Waals surface area contributed by atoms with Crippen molar-refractivity contribution in [2.24, 2.45) is 11.8 Å². The summed E-state index contributed by atoms with van der Waals surface area (Å²) < 4.78 is 17.5. The Hall–Kier alpha value is -3.22. The molecule has 3 amide bonds. The molecule has 1 unspecified atom stereocenters. The molecule has 3 saturated heterocycles. The number of halogens is 1. The average Bonchev–Trinajstić information content (AvgIpc) is 3.59. The highest BCUT2D eigenvalue weighted by molar-refractivity contribution is 9.09. The molecule has 1 spiro atoms. The molecule has 12 heteroatoms. The number of aliphatic hydroxyl groups excluding tert-OH is 1. The van der Waals surface area contributed by atoms with Gasteiger partial charge in [-0.3, -0.25) is 19.2 Å². The SMILES string of the molecule is C=CCCC(=O)NC[C@@H](C)OC(=O)[C@@H]1[C@H]2O[C@@]3(CC2Br)[C@H](C(=O)N(CC=C)c2ccc(OC)cc2)N(CCCO)C(=O)[C@@H]13. The van der Waals surface area contributed by atoms with Crippen LogP contribution in [0.15, 0.2) is 49.6 Å². The smallest absolute Gasteiger partial charge is 0.312 e. The number of rotatable bonds is 15. The molecule has 3 fully saturated rings. The second-order valence-electron chi connectivity index (χ2n) is 11.1. The Morgan fingerprint density at radius 3 is 2.63 bits per heavy atom. The zero-order valence-electron chi connectivity index (χ0n) is 24.6. The van der Waals surface area contributed by atoms with Gasteiger partial charge in [-0.15, -0.1) is 13.2 Å². The molecule has 1 aromatic carbocycles. The summed E-state index contributed by atoms with van der Waals surface area (Å²) in [5.41, 5.74) is -0.692. The van der Waals surface area contributed by atoms with Crippen LogP contribution in [-0.2, 0) is 28.7 Å². The van der Waals surface area contributed by atoms with Gasteiger partial charge in [-0.05, 0) is 50.5 Å². The fourth-order valence-corrected chi connectivity index (χ4v) is 7.36. The summed E-state index contributed by atoms with van der Waals surface area (Å²) in [6.07, 6.45) is 3.33. The number of hydrogen-bond donors (Lipinski definition) is 2. The molecule has 0 radical (unpaired) electrons. The van der Waals surface area contributed by atoms with E-state index in [2.05, 4.69) is 34.4 Å². The topological polar surface area (TPSA) is 135 Å². The number of esters is 1. The molecule has 3 heterocycles. The number of methoxy groups -OCH3 is 1. The highest BCUT2D eigenvalue weighted by atomic mass is 79.9. The van der Waals surface area contributed by atoms with Crippen molar-refractivity contribution in [3.63, 3.8) is 0 Å². The number of ether oxygens (including phenoxy) is 3. The van der Waals surface area contributed by atoms with Gasteiger partial charge in [0.15, 0.2) is 0 Å². The second kappa shape index (κ2) is 14.0. The molecular formula is C31H40BrN3O8. The third-order valence-corrected chi connectivity index (χ3v) is 9.14. The Balaban J connectivity index is 1.62. The van der Waals surface area contributed by atoms with Crippen molar-refractivity contribution in [3.05, 3.63) is 49.6 Å². The number of fused-ring (bicyclic) bond motifs is 1. The molecule has 3 aliphatic heterocycles. The van der Waals surface area contributed by atoms with Gasteiger partial charge in [0.25, 0.3) is 5.91 Å². The molecule has 0 saturated carbocycles. The van der Waals surface area contributed by atoms with Crippen LogP contribution < -0.4 is 15.0 Å². The molecule has 0 aromatic heterocycles. The normalized spacial score (nSPS) is 27.8. The van der Waals surface area contributed by atoms with E-state index in [1.54, 1.807) is 50.5 Å². The zero-order chi connectivity index (χ0) is 31.3. The van der Waals surface area contributed by atoms with E-state index in [4.69, 9.17) is 14.2 Å². The summed E-state index contributed by atoms with van der Waals surface area (Å²) in [5, 5.41) is 12.3. The van der Waals surface area contributed by atoms with Gasteiger partial charge < -0.3 is 34.4 Å². The predicted octanol–water partition coefficient (Wildman–Crippen LogP) is 2.36. The van der Waals surface area contributed by atoms with Crippen LogP contribution >= 0.6 is 15.9 Å². The third kappa shape index (κ3) is 6.37. The summed E-state index contributed by atoms with van der Waals surface area (Å²) in [4.78, 5) is 56.9. The molecule has 234 valence electrons. The van der Waals surface area contributed by atoms with Crippen molar-refractivity contribution in [1.82, 2.24) is 10.2 Å². The first-order chi connectivity index (χ1) is 20.6. The van der Waals surface area contributed by atoms with Gasteiger partial charge >= 0.3 is 5.97 Å². The van der Waals surface area contributed by atoms with Crippen LogP contribution in [0.5, 0.6) is 5.75 Å². The third-order valence-electron chi connectivity index (χ3n) is 8.29. The van der Waals surface area contributed by atoms with E-state index in [9.17, 15) is 24.3 Å². The number of carbonyl (C=O) groups is 4. The minimum absolute atomic E-state index is 0.115. The van der Waals surface area contributed by atoms with E-state index in [0.29, 0.717) is 24.3 Å². The molecule has 7 atom stereocenters. The molecule has 0 aliphatic carbocycles. The van der Waals surface area contributed by atoms with Crippen molar-refractivity contribution < 1.29 is 38.5 Å². The monoisotopic (exact) mass is 661 g/mol. The lowest BCUT2D eigenvalue weighted by Gasteiger charge is -2.37. The molecule has 11 nitrogen and oxygen atoms in total. The van der Waals surface area contributed by atoms with Crippen LogP contribution in [-0.4, -0.2) is 95.7 Å². The molecule has 2 bridgehead atoms. The minimum Gasteiger partial charge on any atom is -0.497 e. The highest BCUT2D eigenvalue weighted by Gasteiger charge is 2.77. The lowest BCUT2D eigenvalue weighted by molar-refractivity contribution is -0.159. The Kier molecular flexibility index (Phi) is 10.7. The van der Waals surface area contributed by atoms with Gasteiger partial charge in [-0.25, -0.2) is 0 Å². The van der Waals surface area contributed by atoms with Crippen LogP contribution in [0, 0.1) is 11.8 Å². The van der Waals surface area contributed by atoms with Crippen molar-refractivity contribution in [2.75, 3.05) is 38.3 Å². The lowest BCUT2D eigenvalue weighted by atomic mass is 9.70. The first kappa shape index (κ1) is 32.7. The van der Waals surface area contributed by atoms with Crippen LogP contribution in [0.2, 0.25) is 0 Å². The number of alkyl halides is 1. The van der Waals surface area contributed by atoms with Crippen molar-refractivity contribution in [1.29, 1.82) is 0 Å². The summed E-state index contributed by atoms with van der Waals surface area (Å²) >= 11 is 3.65. The molecular weight excluding hydrogens is 622 g/mol. The maximum absolute atomic E-state index is 14.5. The summed E-state index contributed by atoms with van der Waals surface area (Å²) in [6, 6.07) is 5.95. The first-order valence-electron chi connectivity index (χ1n) is 14.5. The number of hydrogen-bond acceptors (Lipinski definition) is 8. The van der Waals surface area contributed by atoms with Gasteiger partial charge in [0, 0.05) is 36.6 Å². The van der Waals surface area contributed by atoms with Crippen LogP contribution in [0.25, 0.3) is 0 Å². The fourth-order valence-electron chi connectivity index (χ4n) is 6.42. The highest BCUT2D eigenvalue weighted by Crippen LogP contribution is 2.60. The standard InChI is InChI=1S/C31H40BrN3O8/c1-5-7-9-23(37)33-18-19(3)42-30(40)24-25-28(38)35(15-8-16-36)27(31(25)17-22(32)26(24)43-31)29(39)34(14-6-2)20-10-12-21(41-4)13-11-20/h5-6,10-13,19,22,24-27,36H,1-2,7-9,14-18H2,3-4H3,(H,33,37)/t19-,22?,24+,25-,26+,27+,31-/m1/s1. The molecule has 4 rings (SSSR count). The number of aliphatic hydroxyl groups is 1. The second-order valence-corrected chi connectivity index (χ2v) is 12.3. The van der Waals surface area contributed by atoms with E-state index in [-0.39, 0.29) is 61.6 Å². The lowest BCUT2D eigenvalue weighted by Crippen LogP contribution is -2.57. The number of nitrogens with zero attached hydrogens (tertiary/aromatic N) is 2.